The lowest BCUT2D eigenvalue weighted by molar-refractivity contribution is 0.0702. The summed E-state index contributed by atoms with van der Waals surface area (Å²) in [6, 6.07) is 2.08. The Hall–Kier alpha value is -0.910. The summed E-state index contributed by atoms with van der Waals surface area (Å²) in [5, 5.41) is 12.4. The molecule has 5 heteroatoms. The molecule has 4 nitrogen and oxygen atoms in total. The summed E-state index contributed by atoms with van der Waals surface area (Å²) in [6.45, 7) is 5.48. The van der Waals surface area contributed by atoms with Crippen LogP contribution in [0.5, 0.6) is 0 Å². The molecule has 0 saturated heterocycles. The number of ether oxygens (including phenoxy) is 1. The van der Waals surface area contributed by atoms with Gasteiger partial charge in [-0.05, 0) is 25.0 Å². The first-order chi connectivity index (χ1) is 8.58. The van der Waals surface area contributed by atoms with Crippen molar-refractivity contribution in [3.63, 3.8) is 0 Å². The van der Waals surface area contributed by atoms with Crippen molar-refractivity contribution in [2.75, 3.05) is 13.7 Å². The number of thiophene rings is 1. The van der Waals surface area contributed by atoms with Crippen LogP contribution in [0.2, 0.25) is 0 Å². The van der Waals surface area contributed by atoms with E-state index in [1.54, 1.807) is 13.2 Å². The third kappa shape index (κ3) is 4.40. The predicted octanol–water partition coefficient (Wildman–Crippen LogP) is 2.66. The van der Waals surface area contributed by atoms with E-state index in [0.29, 0.717) is 24.1 Å². The molecule has 2 N–H and O–H groups in total. The molecule has 0 amide bonds. The van der Waals surface area contributed by atoms with Crippen molar-refractivity contribution in [1.29, 1.82) is 0 Å². The summed E-state index contributed by atoms with van der Waals surface area (Å²) in [4.78, 5) is 12.3. The highest BCUT2D eigenvalue weighted by Gasteiger charge is 2.12. The van der Waals surface area contributed by atoms with Crippen LogP contribution in [0.4, 0.5) is 0 Å². The van der Waals surface area contributed by atoms with E-state index in [2.05, 4.69) is 12.2 Å². The summed E-state index contributed by atoms with van der Waals surface area (Å²) in [5.74, 6) is -0.851. The maximum absolute atomic E-state index is 10.9. The standard InChI is InChI=1S/C13H21NO3S/c1-4-5-11(8-17-3)14-7-10-6-12(13(15)16)18-9(10)2/h6,11,14H,4-5,7-8H2,1-3H3,(H,15,16). The highest BCUT2D eigenvalue weighted by atomic mass is 32.1. The Balaban J connectivity index is 2.58. The van der Waals surface area contributed by atoms with Gasteiger partial charge in [0.05, 0.1) is 6.61 Å². The van der Waals surface area contributed by atoms with Crippen molar-refractivity contribution < 1.29 is 14.6 Å². The fourth-order valence-corrected chi connectivity index (χ4v) is 2.73. The van der Waals surface area contributed by atoms with Gasteiger partial charge in [-0.1, -0.05) is 13.3 Å². The molecule has 0 aliphatic heterocycles. The number of hydrogen-bond acceptors (Lipinski definition) is 4. The molecule has 0 radical (unpaired) electrons. The van der Waals surface area contributed by atoms with E-state index < -0.39 is 5.97 Å². The van der Waals surface area contributed by atoms with Gasteiger partial charge in [0.25, 0.3) is 0 Å². The average molecular weight is 271 g/mol. The fraction of sp³-hybridized carbons (Fsp3) is 0.615. The van der Waals surface area contributed by atoms with Crippen LogP contribution in [0, 0.1) is 6.92 Å². The van der Waals surface area contributed by atoms with Gasteiger partial charge in [-0.15, -0.1) is 11.3 Å². The zero-order valence-corrected chi connectivity index (χ0v) is 12.0. The number of rotatable bonds is 8. The molecule has 18 heavy (non-hydrogen) atoms. The first-order valence-corrected chi connectivity index (χ1v) is 6.95. The predicted molar refractivity (Wildman–Crippen MR) is 73.4 cm³/mol. The van der Waals surface area contributed by atoms with Gasteiger partial charge in [-0.3, -0.25) is 0 Å². The number of hydrogen-bond donors (Lipinski definition) is 2. The third-order valence-electron chi connectivity index (χ3n) is 2.82. The lowest BCUT2D eigenvalue weighted by Gasteiger charge is -2.16. The Labute approximate surface area is 112 Å². The van der Waals surface area contributed by atoms with Gasteiger partial charge in [0.2, 0.25) is 0 Å². The second kappa shape index (κ2) is 7.51. The zero-order valence-electron chi connectivity index (χ0n) is 11.2. The molecule has 1 unspecified atom stereocenters. The largest absolute Gasteiger partial charge is 0.477 e. The first-order valence-electron chi connectivity index (χ1n) is 6.13. The van der Waals surface area contributed by atoms with Crippen LogP contribution in [0.15, 0.2) is 6.07 Å². The molecule has 1 atom stereocenters. The summed E-state index contributed by atoms with van der Waals surface area (Å²) < 4.78 is 5.16. The SMILES string of the molecule is CCCC(COC)NCc1cc(C(=O)O)sc1C. The van der Waals surface area contributed by atoms with Crippen molar-refractivity contribution in [3.05, 3.63) is 21.4 Å². The zero-order chi connectivity index (χ0) is 13.5. The van der Waals surface area contributed by atoms with Crippen LogP contribution in [0.3, 0.4) is 0 Å². The lowest BCUT2D eigenvalue weighted by atomic mass is 10.1. The topological polar surface area (TPSA) is 58.6 Å². The third-order valence-corrected chi connectivity index (χ3v) is 3.90. The molecule has 0 aliphatic carbocycles. The summed E-state index contributed by atoms with van der Waals surface area (Å²) in [6.07, 6.45) is 2.16. The number of carbonyl (C=O) groups is 1. The van der Waals surface area contributed by atoms with Crippen molar-refractivity contribution in [3.8, 4) is 0 Å². The van der Waals surface area contributed by atoms with Crippen LogP contribution in [0.1, 0.15) is 39.9 Å². The molecule has 1 rings (SSSR count). The summed E-state index contributed by atoms with van der Waals surface area (Å²) in [5.41, 5.74) is 1.06. The average Bonchev–Trinajstić information content (AvgIpc) is 2.68. The number of carboxylic acid groups (broad SMARTS) is 1. The van der Waals surface area contributed by atoms with E-state index in [1.807, 2.05) is 6.92 Å². The second-order valence-corrected chi connectivity index (χ2v) is 5.58. The van der Waals surface area contributed by atoms with Crippen molar-refractivity contribution in [1.82, 2.24) is 5.32 Å². The molecule has 0 aliphatic rings. The quantitative estimate of drug-likeness (QED) is 0.763. The number of methoxy groups -OCH3 is 1. The van der Waals surface area contributed by atoms with Crippen LogP contribution >= 0.6 is 11.3 Å². The Morgan fingerprint density at radius 1 is 1.61 bits per heavy atom. The molecule has 102 valence electrons. The molecule has 0 fully saturated rings. The van der Waals surface area contributed by atoms with Crippen LogP contribution in [-0.4, -0.2) is 30.8 Å². The monoisotopic (exact) mass is 271 g/mol. The van der Waals surface area contributed by atoms with Crippen molar-refractivity contribution in [2.24, 2.45) is 0 Å². The van der Waals surface area contributed by atoms with Gasteiger partial charge >= 0.3 is 5.97 Å². The van der Waals surface area contributed by atoms with Gasteiger partial charge < -0.3 is 15.2 Å². The molecule has 0 spiro atoms. The highest BCUT2D eigenvalue weighted by molar-refractivity contribution is 7.14. The van der Waals surface area contributed by atoms with E-state index in [1.165, 1.54) is 11.3 Å². The van der Waals surface area contributed by atoms with E-state index in [4.69, 9.17) is 9.84 Å². The Morgan fingerprint density at radius 3 is 2.83 bits per heavy atom. The van der Waals surface area contributed by atoms with E-state index >= 15 is 0 Å². The maximum atomic E-state index is 10.9. The van der Waals surface area contributed by atoms with Crippen LogP contribution in [-0.2, 0) is 11.3 Å². The molecule has 1 aromatic rings. The molecule has 1 aromatic heterocycles. The molecule has 1 heterocycles. The number of carboxylic acids is 1. The van der Waals surface area contributed by atoms with E-state index in [9.17, 15) is 4.79 Å². The normalized spacial score (nSPS) is 12.6. The van der Waals surface area contributed by atoms with E-state index in [0.717, 1.165) is 23.3 Å². The highest BCUT2D eigenvalue weighted by Crippen LogP contribution is 2.21. The minimum absolute atomic E-state index is 0.326. The number of aromatic carboxylic acids is 1. The summed E-state index contributed by atoms with van der Waals surface area (Å²) >= 11 is 1.33. The van der Waals surface area contributed by atoms with E-state index in [-0.39, 0.29) is 0 Å². The van der Waals surface area contributed by atoms with Gasteiger partial charge in [-0.2, -0.15) is 0 Å². The Morgan fingerprint density at radius 2 is 2.33 bits per heavy atom. The molecular formula is C13H21NO3S. The Bertz CT molecular complexity index is 384. The van der Waals surface area contributed by atoms with Crippen molar-refractivity contribution >= 4 is 17.3 Å². The minimum Gasteiger partial charge on any atom is -0.477 e. The molecule has 0 bridgehead atoms. The van der Waals surface area contributed by atoms with Crippen molar-refractivity contribution in [2.45, 2.75) is 39.3 Å². The molecule has 0 aromatic carbocycles. The lowest BCUT2D eigenvalue weighted by Crippen LogP contribution is -2.32. The second-order valence-electron chi connectivity index (χ2n) is 4.32. The molecule has 0 saturated carbocycles. The molecular weight excluding hydrogens is 250 g/mol. The van der Waals surface area contributed by atoms with Crippen LogP contribution < -0.4 is 5.32 Å². The first kappa shape index (κ1) is 15.1. The van der Waals surface area contributed by atoms with Gasteiger partial charge in [0.1, 0.15) is 4.88 Å². The number of aryl methyl sites for hydroxylation is 1. The maximum Gasteiger partial charge on any atom is 0.345 e. The summed E-state index contributed by atoms with van der Waals surface area (Å²) in [7, 11) is 1.70. The Kier molecular flexibility index (Phi) is 6.32. The van der Waals surface area contributed by atoms with Gasteiger partial charge in [0, 0.05) is 24.6 Å². The smallest absolute Gasteiger partial charge is 0.345 e. The number of nitrogens with one attached hydrogen (secondary N) is 1. The fourth-order valence-electron chi connectivity index (χ4n) is 1.85. The van der Waals surface area contributed by atoms with Gasteiger partial charge in [-0.25, -0.2) is 4.79 Å². The van der Waals surface area contributed by atoms with Gasteiger partial charge in [0.15, 0.2) is 0 Å². The minimum atomic E-state index is -0.851. The van der Waals surface area contributed by atoms with Crippen LogP contribution in [0.25, 0.3) is 0 Å².